The van der Waals surface area contributed by atoms with E-state index in [4.69, 9.17) is 4.74 Å². The van der Waals surface area contributed by atoms with E-state index < -0.39 is 17.7 Å². The molecule has 0 saturated heterocycles. The van der Waals surface area contributed by atoms with E-state index in [0.717, 1.165) is 12.1 Å². The summed E-state index contributed by atoms with van der Waals surface area (Å²) in [6.07, 6.45) is -4.36. The minimum atomic E-state index is -4.36. The van der Waals surface area contributed by atoms with Gasteiger partial charge in [-0.3, -0.25) is 0 Å². The maximum Gasteiger partial charge on any atom is 0.416 e. The van der Waals surface area contributed by atoms with E-state index >= 15 is 0 Å². The molecule has 0 amide bonds. The molecular weight excluding hydrogens is 271 g/mol. The Hall–Kier alpha value is -1.82. The van der Waals surface area contributed by atoms with Gasteiger partial charge in [-0.15, -0.1) is 0 Å². The molecule has 0 radical (unpaired) electrons. The molecule has 0 aliphatic heterocycles. The molecule has 110 valence electrons. The Balaban J connectivity index is 2.51. The van der Waals surface area contributed by atoms with E-state index in [1.807, 2.05) is 0 Å². The van der Waals surface area contributed by atoms with Crippen LogP contribution in [0.3, 0.4) is 0 Å². The SMILES string of the molecule is C=C(CNCc1cccc(C(F)(F)F)c1)C(=O)OCC. The predicted molar refractivity (Wildman–Crippen MR) is 68.9 cm³/mol. The number of esters is 1. The molecule has 20 heavy (non-hydrogen) atoms. The zero-order chi connectivity index (χ0) is 15.2. The number of hydrogen-bond acceptors (Lipinski definition) is 3. The number of carbonyl (C=O) groups is 1. The van der Waals surface area contributed by atoms with Crippen molar-refractivity contribution in [3.63, 3.8) is 0 Å². The highest BCUT2D eigenvalue weighted by Crippen LogP contribution is 2.29. The Bertz CT molecular complexity index is 484. The summed E-state index contributed by atoms with van der Waals surface area (Å²) in [5.41, 5.74) is 0.0244. The van der Waals surface area contributed by atoms with Gasteiger partial charge in [0.1, 0.15) is 0 Å². The van der Waals surface area contributed by atoms with E-state index in [0.29, 0.717) is 5.56 Å². The van der Waals surface area contributed by atoms with Crippen LogP contribution in [0.15, 0.2) is 36.4 Å². The number of carbonyl (C=O) groups excluding carboxylic acids is 1. The molecule has 0 aromatic heterocycles. The highest BCUT2D eigenvalue weighted by Gasteiger charge is 2.30. The molecule has 0 unspecified atom stereocenters. The van der Waals surface area contributed by atoms with Gasteiger partial charge in [-0.2, -0.15) is 13.2 Å². The van der Waals surface area contributed by atoms with Crippen LogP contribution in [0.4, 0.5) is 13.2 Å². The Morgan fingerprint density at radius 3 is 2.70 bits per heavy atom. The quantitative estimate of drug-likeness (QED) is 0.646. The summed E-state index contributed by atoms with van der Waals surface area (Å²) in [4.78, 5) is 11.3. The van der Waals surface area contributed by atoms with Gasteiger partial charge in [0.15, 0.2) is 0 Å². The molecule has 0 bridgehead atoms. The fourth-order valence-electron chi connectivity index (χ4n) is 1.52. The number of benzene rings is 1. The molecule has 1 rings (SSSR count). The second-order valence-electron chi connectivity index (χ2n) is 4.13. The van der Waals surface area contributed by atoms with Gasteiger partial charge >= 0.3 is 12.1 Å². The smallest absolute Gasteiger partial charge is 0.416 e. The Labute approximate surface area is 115 Å². The van der Waals surface area contributed by atoms with Crippen LogP contribution >= 0.6 is 0 Å². The summed E-state index contributed by atoms with van der Waals surface area (Å²) in [5.74, 6) is -0.510. The summed E-state index contributed by atoms with van der Waals surface area (Å²) in [6, 6.07) is 5.01. The molecule has 0 heterocycles. The van der Waals surface area contributed by atoms with Gasteiger partial charge in [0.25, 0.3) is 0 Å². The lowest BCUT2D eigenvalue weighted by molar-refractivity contribution is -0.139. The molecule has 0 saturated carbocycles. The second kappa shape index (κ2) is 7.09. The molecule has 0 fully saturated rings. The minimum absolute atomic E-state index is 0.162. The lowest BCUT2D eigenvalue weighted by Crippen LogP contribution is -2.21. The zero-order valence-electron chi connectivity index (χ0n) is 11.1. The summed E-state index contributed by atoms with van der Waals surface area (Å²) in [5, 5.41) is 2.85. The van der Waals surface area contributed by atoms with Crippen LogP contribution in [-0.2, 0) is 22.3 Å². The average molecular weight is 287 g/mol. The van der Waals surface area contributed by atoms with E-state index in [1.54, 1.807) is 13.0 Å². The molecule has 1 aromatic rings. The summed E-state index contributed by atoms with van der Waals surface area (Å²) in [6.45, 7) is 5.85. The summed E-state index contributed by atoms with van der Waals surface area (Å²) in [7, 11) is 0. The number of ether oxygens (including phenoxy) is 1. The third-order valence-electron chi connectivity index (χ3n) is 2.49. The number of rotatable bonds is 6. The topological polar surface area (TPSA) is 38.3 Å². The fourth-order valence-corrected chi connectivity index (χ4v) is 1.52. The van der Waals surface area contributed by atoms with E-state index in [9.17, 15) is 18.0 Å². The van der Waals surface area contributed by atoms with Crippen molar-refractivity contribution < 1.29 is 22.7 Å². The van der Waals surface area contributed by atoms with E-state index in [-0.39, 0.29) is 25.3 Å². The molecule has 1 aromatic carbocycles. The van der Waals surface area contributed by atoms with Crippen molar-refractivity contribution in [3.8, 4) is 0 Å². The Morgan fingerprint density at radius 1 is 1.40 bits per heavy atom. The van der Waals surface area contributed by atoms with Crippen molar-refractivity contribution >= 4 is 5.97 Å². The normalized spacial score (nSPS) is 11.2. The number of hydrogen-bond donors (Lipinski definition) is 1. The lowest BCUT2D eigenvalue weighted by atomic mass is 10.1. The fraction of sp³-hybridized carbons (Fsp3) is 0.357. The van der Waals surface area contributed by atoms with Gasteiger partial charge in [-0.05, 0) is 18.6 Å². The van der Waals surface area contributed by atoms with Crippen molar-refractivity contribution in [2.24, 2.45) is 0 Å². The third kappa shape index (κ3) is 5.05. The van der Waals surface area contributed by atoms with Crippen LogP contribution in [0.1, 0.15) is 18.1 Å². The highest BCUT2D eigenvalue weighted by molar-refractivity contribution is 5.88. The van der Waals surface area contributed by atoms with Gasteiger partial charge in [-0.25, -0.2) is 4.79 Å². The van der Waals surface area contributed by atoms with Crippen LogP contribution in [0, 0.1) is 0 Å². The predicted octanol–water partition coefficient (Wildman–Crippen LogP) is 2.91. The Kier molecular flexibility index (Phi) is 5.76. The van der Waals surface area contributed by atoms with Crippen molar-refractivity contribution in [1.82, 2.24) is 5.32 Å². The van der Waals surface area contributed by atoms with Crippen LogP contribution in [0.25, 0.3) is 0 Å². The summed E-state index contributed by atoms with van der Waals surface area (Å²) < 4.78 is 42.3. The van der Waals surface area contributed by atoms with Crippen molar-refractivity contribution in [1.29, 1.82) is 0 Å². The molecule has 0 atom stereocenters. The highest BCUT2D eigenvalue weighted by atomic mass is 19.4. The minimum Gasteiger partial charge on any atom is -0.463 e. The van der Waals surface area contributed by atoms with Gasteiger partial charge in [0.05, 0.1) is 12.2 Å². The average Bonchev–Trinajstić information content (AvgIpc) is 2.38. The maximum atomic E-state index is 12.5. The van der Waals surface area contributed by atoms with Crippen molar-refractivity contribution in [2.45, 2.75) is 19.6 Å². The zero-order valence-corrected chi connectivity index (χ0v) is 11.1. The molecule has 6 heteroatoms. The first-order chi connectivity index (χ1) is 9.34. The first kappa shape index (κ1) is 16.2. The molecule has 0 aliphatic carbocycles. The third-order valence-corrected chi connectivity index (χ3v) is 2.49. The van der Waals surface area contributed by atoms with Crippen molar-refractivity contribution in [2.75, 3.05) is 13.2 Å². The molecule has 0 spiro atoms. The van der Waals surface area contributed by atoms with Crippen LogP contribution in [0.2, 0.25) is 0 Å². The molecular formula is C14H16F3NO2. The Morgan fingerprint density at radius 2 is 2.10 bits per heavy atom. The number of alkyl halides is 3. The maximum absolute atomic E-state index is 12.5. The second-order valence-corrected chi connectivity index (χ2v) is 4.13. The van der Waals surface area contributed by atoms with Gasteiger partial charge < -0.3 is 10.1 Å². The van der Waals surface area contributed by atoms with E-state index in [2.05, 4.69) is 11.9 Å². The summed E-state index contributed by atoms with van der Waals surface area (Å²) >= 11 is 0. The number of halogens is 3. The van der Waals surface area contributed by atoms with Gasteiger partial charge in [0.2, 0.25) is 0 Å². The molecule has 0 aliphatic rings. The monoisotopic (exact) mass is 287 g/mol. The van der Waals surface area contributed by atoms with Gasteiger partial charge in [-0.1, -0.05) is 24.8 Å². The largest absolute Gasteiger partial charge is 0.463 e. The van der Waals surface area contributed by atoms with Crippen LogP contribution in [-0.4, -0.2) is 19.1 Å². The molecule has 3 nitrogen and oxygen atoms in total. The lowest BCUT2D eigenvalue weighted by Gasteiger charge is -2.10. The van der Waals surface area contributed by atoms with Crippen LogP contribution < -0.4 is 5.32 Å². The van der Waals surface area contributed by atoms with Crippen molar-refractivity contribution in [3.05, 3.63) is 47.5 Å². The first-order valence-corrected chi connectivity index (χ1v) is 6.06. The standard InChI is InChI=1S/C14H16F3NO2/c1-3-20-13(19)10(2)8-18-9-11-5-4-6-12(7-11)14(15,16)17/h4-7,18H,2-3,8-9H2,1H3. The molecule has 1 N–H and O–H groups in total. The van der Waals surface area contributed by atoms with Crippen LogP contribution in [0.5, 0.6) is 0 Å². The van der Waals surface area contributed by atoms with Gasteiger partial charge in [0, 0.05) is 18.7 Å². The number of nitrogens with one attached hydrogen (secondary N) is 1. The first-order valence-electron chi connectivity index (χ1n) is 6.06. The van der Waals surface area contributed by atoms with E-state index in [1.165, 1.54) is 6.07 Å².